The predicted octanol–water partition coefficient (Wildman–Crippen LogP) is 4.64. The number of benzene rings is 2. The first-order chi connectivity index (χ1) is 14.3. The van der Waals surface area contributed by atoms with Gasteiger partial charge in [-0.25, -0.2) is 13.8 Å². The Morgan fingerprint density at radius 1 is 0.933 bits per heavy atom. The number of rotatable bonds is 6. The monoisotopic (exact) mass is 442 g/mol. The molecule has 0 unspecified atom stereocenters. The fraction of sp³-hybridized carbons (Fsp3) is 0.158. The van der Waals surface area contributed by atoms with E-state index < -0.39 is 40.5 Å². The number of hydrogen-bond donors (Lipinski definition) is 1. The van der Waals surface area contributed by atoms with Gasteiger partial charge in [-0.15, -0.1) is 11.3 Å². The lowest BCUT2D eigenvalue weighted by Gasteiger charge is -2.10. The van der Waals surface area contributed by atoms with Crippen LogP contribution in [0.25, 0.3) is 11.3 Å². The number of nitrogens with one attached hydrogen (secondary N) is 1. The lowest BCUT2D eigenvalue weighted by atomic mass is 10.1. The van der Waals surface area contributed by atoms with E-state index in [4.69, 9.17) is 9.47 Å². The van der Waals surface area contributed by atoms with E-state index in [0.29, 0.717) is 22.8 Å². The van der Waals surface area contributed by atoms with Crippen molar-refractivity contribution in [1.82, 2.24) is 4.98 Å². The van der Waals surface area contributed by atoms with Crippen molar-refractivity contribution in [2.45, 2.75) is 0 Å². The van der Waals surface area contributed by atoms with E-state index >= 15 is 0 Å². The molecule has 1 heterocycles. The maximum Gasteiger partial charge on any atom is 0.263 e. The van der Waals surface area contributed by atoms with Crippen molar-refractivity contribution in [1.29, 1.82) is 0 Å². The van der Waals surface area contributed by atoms with Crippen LogP contribution >= 0.6 is 11.3 Å². The van der Waals surface area contributed by atoms with E-state index in [1.54, 1.807) is 23.6 Å². The third-order valence-corrected chi connectivity index (χ3v) is 4.82. The molecule has 30 heavy (non-hydrogen) atoms. The van der Waals surface area contributed by atoms with E-state index in [9.17, 15) is 22.4 Å². The second-order valence-corrected chi connectivity index (χ2v) is 6.58. The van der Waals surface area contributed by atoms with Crippen LogP contribution in [0.4, 0.5) is 22.7 Å². The molecule has 1 aromatic heterocycles. The van der Waals surface area contributed by atoms with Gasteiger partial charge in [0.1, 0.15) is 5.56 Å². The fourth-order valence-corrected chi connectivity index (χ4v) is 3.32. The molecule has 3 rings (SSSR count). The molecule has 0 aliphatic rings. The van der Waals surface area contributed by atoms with Gasteiger partial charge in [-0.2, -0.15) is 8.78 Å². The van der Waals surface area contributed by atoms with Gasteiger partial charge in [0.2, 0.25) is 11.6 Å². The second-order valence-electron chi connectivity index (χ2n) is 5.73. The molecule has 0 spiro atoms. The number of amides is 1. The zero-order valence-corrected chi connectivity index (χ0v) is 16.6. The zero-order chi connectivity index (χ0) is 22.0. The summed E-state index contributed by atoms with van der Waals surface area (Å²) in [5.41, 5.74) is -0.388. The van der Waals surface area contributed by atoms with Crippen molar-refractivity contribution in [2.75, 3.05) is 26.6 Å². The first-order valence-electron chi connectivity index (χ1n) is 8.21. The van der Waals surface area contributed by atoms with Crippen LogP contribution in [0.5, 0.6) is 17.2 Å². The van der Waals surface area contributed by atoms with Gasteiger partial charge in [-0.05, 0) is 18.2 Å². The Labute approximate surface area is 172 Å². The van der Waals surface area contributed by atoms with Crippen molar-refractivity contribution < 1.29 is 36.6 Å². The molecule has 0 fully saturated rings. The minimum absolute atomic E-state index is 0.0415. The largest absolute Gasteiger partial charge is 0.493 e. The summed E-state index contributed by atoms with van der Waals surface area (Å²) in [7, 11) is 3.78. The van der Waals surface area contributed by atoms with E-state index in [2.05, 4.69) is 15.0 Å². The quantitative estimate of drug-likeness (QED) is 0.445. The number of aromatic nitrogens is 1. The van der Waals surface area contributed by atoms with Crippen molar-refractivity contribution in [2.24, 2.45) is 0 Å². The third kappa shape index (κ3) is 3.75. The van der Waals surface area contributed by atoms with Crippen LogP contribution in [0, 0.1) is 23.3 Å². The summed E-state index contributed by atoms with van der Waals surface area (Å²) in [6, 6.07) is 4.99. The van der Waals surface area contributed by atoms with Gasteiger partial charge in [0, 0.05) is 10.9 Å². The Morgan fingerprint density at radius 3 is 2.13 bits per heavy atom. The van der Waals surface area contributed by atoms with Gasteiger partial charge in [0.25, 0.3) is 5.91 Å². The third-order valence-electron chi connectivity index (χ3n) is 4.06. The molecular formula is C19H14F4N2O4S. The van der Waals surface area contributed by atoms with Crippen molar-refractivity contribution in [3.63, 3.8) is 0 Å². The lowest BCUT2D eigenvalue weighted by molar-refractivity contribution is 0.101. The minimum Gasteiger partial charge on any atom is -0.493 e. The van der Waals surface area contributed by atoms with E-state index in [0.717, 1.165) is 18.4 Å². The van der Waals surface area contributed by atoms with Gasteiger partial charge in [0.05, 0.1) is 27.0 Å². The topological polar surface area (TPSA) is 69.7 Å². The summed E-state index contributed by atoms with van der Waals surface area (Å²) in [5.74, 6) is -9.09. The SMILES string of the molecule is COc1ccc(-c2csc(NC(=O)c3c(F)c(F)c(OC)c(F)c3F)n2)cc1OC. The fourth-order valence-electron chi connectivity index (χ4n) is 2.61. The smallest absolute Gasteiger partial charge is 0.263 e. The van der Waals surface area contributed by atoms with Crippen LogP contribution in [0.3, 0.4) is 0 Å². The van der Waals surface area contributed by atoms with Crippen LogP contribution in [0.2, 0.25) is 0 Å². The molecule has 6 nitrogen and oxygen atoms in total. The molecule has 0 saturated heterocycles. The van der Waals surface area contributed by atoms with Gasteiger partial charge >= 0.3 is 0 Å². The van der Waals surface area contributed by atoms with Crippen LogP contribution in [0.1, 0.15) is 10.4 Å². The highest BCUT2D eigenvalue weighted by Gasteiger charge is 2.30. The Bertz CT molecular complexity index is 1090. The van der Waals surface area contributed by atoms with Gasteiger partial charge in [-0.3, -0.25) is 10.1 Å². The molecule has 11 heteroatoms. The normalized spacial score (nSPS) is 10.6. The molecule has 0 saturated carbocycles. The molecular weight excluding hydrogens is 428 g/mol. The maximum absolute atomic E-state index is 14.1. The highest BCUT2D eigenvalue weighted by Crippen LogP contribution is 2.34. The molecule has 1 N–H and O–H groups in total. The highest BCUT2D eigenvalue weighted by atomic mass is 32.1. The summed E-state index contributed by atoms with van der Waals surface area (Å²) in [4.78, 5) is 16.4. The summed E-state index contributed by atoms with van der Waals surface area (Å²) >= 11 is 0.946. The predicted molar refractivity (Wildman–Crippen MR) is 101 cm³/mol. The first-order valence-corrected chi connectivity index (χ1v) is 9.09. The number of thiazole rings is 1. The van der Waals surface area contributed by atoms with E-state index in [1.165, 1.54) is 14.2 Å². The van der Waals surface area contributed by atoms with E-state index in [-0.39, 0.29) is 5.13 Å². The summed E-state index contributed by atoms with van der Waals surface area (Å²) in [6.45, 7) is 0. The van der Waals surface area contributed by atoms with Gasteiger partial charge < -0.3 is 14.2 Å². The number of ether oxygens (including phenoxy) is 3. The molecule has 0 aliphatic carbocycles. The van der Waals surface area contributed by atoms with Crippen LogP contribution in [-0.4, -0.2) is 32.2 Å². The zero-order valence-electron chi connectivity index (χ0n) is 15.8. The number of carbonyl (C=O) groups is 1. The molecule has 3 aromatic rings. The number of anilines is 1. The Balaban J connectivity index is 1.89. The lowest BCUT2D eigenvalue weighted by Crippen LogP contribution is -2.18. The minimum atomic E-state index is -1.88. The number of methoxy groups -OCH3 is 3. The molecule has 0 bridgehead atoms. The Morgan fingerprint density at radius 2 is 1.57 bits per heavy atom. The molecule has 0 radical (unpaired) electrons. The summed E-state index contributed by atoms with van der Waals surface area (Å²) < 4.78 is 70.5. The molecule has 0 aliphatic heterocycles. The summed E-state index contributed by atoms with van der Waals surface area (Å²) in [5, 5.41) is 3.66. The average Bonchev–Trinajstić information content (AvgIpc) is 3.20. The van der Waals surface area contributed by atoms with Crippen molar-refractivity contribution >= 4 is 22.4 Å². The van der Waals surface area contributed by atoms with Crippen LogP contribution < -0.4 is 19.5 Å². The second kappa shape index (κ2) is 8.57. The average molecular weight is 442 g/mol. The Kier molecular flexibility index (Phi) is 6.11. The van der Waals surface area contributed by atoms with Crippen molar-refractivity contribution in [3.8, 4) is 28.5 Å². The highest BCUT2D eigenvalue weighted by molar-refractivity contribution is 7.14. The first kappa shape index (κ1) is 21.4. The number of carbonyl (C=O) groups excluding carboxylic acids is 1. The summed E-state index contributed by atoms with van der Waals surface area (Å²) in [6.07, 6.45) is 0. The Hall–Kier alpha value is -3.34. The number of nitrogens with zero attached hydrogens (tertiary/aromatic N) is 1. The van der Waals surface area contributed by atoms with Crippen LogP contribution in [-0.2, 0) is 0 Å². The van der Waals surface area contributed by atoms with Crippen molar-refractivity contribution in [3.05, 3.63) is 52.4 Å². The standard InChI is InChI=1S/C19H14F4N2O4S/c1-27-10-5-4-8(6-11(10)28-2)9-7-30-19(24-9)25-18(26)12-13(20)15(22)17(29-3)16(23)14(12)21/h4-7H,1-3H3,(H,24,25,26). The number of halogens is 4. The van der Waals surface area contributed by atoms with Gasteiger partial charge in [0.15, 0.2) is 34.0 Å². The van der Waals surface area contributed by atoms with Crippen LogP contribution in [0.15, 0.2) is 23.6 Å². The van der Waals surface area contributed by atoms with E-state index in [1.807, 2.05) is 0 Å². The maximum atomic E-state index is 14.1. The molecule has 158 valence electrons. The number of hydrogen-bond acceptors (Lipinski definition) is 6. The van der Waals surface area contributed by atoms with Gasteiger partial charge in [-0.1, -0.05) is 0 Å². The molecule has 0 atom stereocenters. The molecule has 1 amide bonds. The molecule has 2 aromatic carbocycles.